The Hall–Kier alpha value is -1.70. The third kappa shape index (κ3) is 5.66. The normalized spacial score (nSPS) is 11.3. The van der Waals surface area contributed by atoms with Gasteiger partial charge >= 0.3 is 0 Å². The summed E-state index contributed by atoms with van der Waals surface area (Å²) >= 11 is 1.61. The van der Waals surface area contributed by atoms with E-state index in [1.54, 1.807) is 35.6 Å². The van der Waals surface area contributed by atoms with Crippen molar-refractivity contribution in [3.63, 3.8) is 0 Å². The molecule has 21 heavy (non-hydrogen) atoms. The van der Waals surface area contributed by atoms with Crippen molar-refractivity contribution < 1.29 is 13.2 Å². The third-order valence-electron chi connectivity index (χ3n) is 2.83. The third-order valence-corrected chi connectivity index (χ3v) is 4.29. The number of hydrogen-bond acceptors (Lipinski definition) is 4. The van der Waals surface area contributed by atoms with E-state index in [4.69, 9.17) is 5.14 Å². The van der Waals surface area contributed by atoms with Crippen LogP contribution in [0, 0.1) is 0 Å². The predicted molar refractivity (Wildman–Crippen MR) is 84.5 cm³/mol. The van der Waals surface area contributed by atoms with E-state index in [0.29, 0.717) is 24.1 Å². The van der Waals surface area contributed by atoms with Crippen LogP contribution in [0.3, 0.4) is 0 Å². The van der Waals surface area contributed by atoms with E-state index >= 15 is 0 Å². The summed E-state index contributed by atoms with van der Waals surface area (Å²) in [5, 5.41) is 11.8. The number of nitrogens with two attached hydrogens (primary N) is 1. The van der Waals surface area contributed by atoms with Gasteiger partial charge in [0, 0.05) is 12.1 Å². The van der Waals surface area contributed by atoms with Crippen LogP contribution >= 0.6 is 11.3 Å². The molecule has 0 aliphatic carbocycles. The van der Waals surface area contributed by atoms with E-state index in [2.05, 4.69) is 5.32 Å². The molecule has 1 aromatic heterocycles. The smallest absolute Gasteiger partial charge is 0.224 e. The van der Waals surface area contributed by atoms with Gasteiger partial charge in [-0.05, 0) is 46.5 Å². The lowest BCUT2D eigenvalue weighted by Gasteiger charge is -2.06. The number of primary sulfonamides is 1. The van der Waals surface area contributed by atoms with Crippen molar-refractivity contribution in [3.05, 3.63) is 52.2 Å². The zero-order valence-corrected chi connectivity index (χ0v) is 12.9. The number of benzene rings is 1. The molecule has 7 heteroatoms. The molecule has 1 heterocycles. The zero-order valence-electron chi connectivity index (χ0n) is 11.3. The lowest BCUT2D eigenvalue weighted by atomic mass is 10.2. The van der Waals surface area contributed by atoms with E-state index < -0.39 is 10.0 Å². The zero-order chi connectivity index (χ0) is 15.3. The first-order valence-corrected chi connectivity index (χ1v) is 8.98. The SMILES string of the molecule is NS(=O)(=O)Cc1ccc(NC(=O)CCc2ccsc2)cc1. The van der Waals surface area contributed by atoms with E-state index in [1.165, 1.54) is 0 Å². The Balaban J connectivity index is 1.86. The number of amides is 1. The molecular weight excluding hydrogens is 308 g/mol. The molecule has 0 atom stereocenters. The molecule has 112 valence electrons. The monoisotopic (exact) mass is 324 g/mol. The molecule has 1 aromatic carbocycles. The van der Waals surface area contributed by atoms with E-state index in [1.807, 2.05) is 16.8 Å². The second kappa shape index (κ2) is 6.84. The van der Waals surface area contributed by atoms with Crippen molar-refractivity contribution in [1.82, 2.24) is 0 Å². The van der Waals surface area contributed by atoms with Gasteiger partial charge in [-0.25, -0.2) is 13.6 Å². The standard InChI is InChI=1S/C14H16N2O3S2/c15-21(18,19)10-12-1-4-13(5-2-12)16-14(17)6-3-11-7-8-20-9-11/h1-2,4-5,7-9H,3,6,10H2,(H,16,17)(H2,15,18,19). The number of anilines is 1. The molecule has 0 aliphatic rings. The Morgan fingerprint density at radius 1 is 1.14 bits per heavy atom. The van der Waals surface area contributed by atoms with Crippen LogP contribution in [0.4, 0.5) is 5.69 Å². The van der Waals surface area contributed by atoms with Crippen LogP contribution < -0.4 is 10.5 Å². The molecule has 2 rings (SSSR count). The molecule has 5 nitrogen and oxygen atoms in total. The van der Waals surface area contributed by atoms with Crippen LogP contribution in [0.25, 0.3) is 0 Å². The summed E-state index contributed by atoms with van der Waals surface area (Å²) in [6.07, 6.45) is 1.12. The molecule has 3 N–H and O–H groups in total. The maximum absolute atomic E-state index is 11.8. The molecule has 0 fully saturated rings. The highest BCUT2D eigenvalue weighted by Crippen LogP contribution is 2.13. The number of aryl methyl sites for hydroxylation is 1. The first-order chi connectivity index (χ1) is 9.92. The summed E-state index contributed by atoms with van der Waals surface area (Å²) in [6, 6.07) is 8.61. The summed E-state index contributed by atoms with van der Waals surface area (Å²) in [5.74, 6) is -0.278. The fraction of sp³-hybridized carbons (Fsp3) is 0.214. The maximum Gasteiger partial charge on any atom is 0.224 e. The minimum absolute atomic E-state index is 0.0691. The number of nitrogens with one attached hydrogen (secondary N) is 1. The van der Waals surface area contributed by atoms with Gasteiger partial charge < -0.3 is 5.32 Å². The van der Waals surface area contributed by atoms with Crippen molar-refractivity contribution in [3.8, 4) is 0 Å². The summed E-state index contributed by atoms with van der Waals surface area (Å²) in [7, 11) is -3.53. The second-order valence-corrected chi connectivity index (χ2v) is 7.08. The van der Waals surface area contributed by atoms with Gasteiger partial charge in [-0.2, -0.15) is 11.3 Å². The summed E-state index contributed by atoms with van der Waals surface area (Å²) in [4.78, 5) is 11.8. The lowest BCUT2D eigenvalue weighted by Crippen LogP contribution is -2.15. The van der Waals surface area contributed by atoms with Crippen LogP contribution in [-0.2, 0) is 27.0 Å². The lowest BCUT2D eigenvalue weighted by molar-refractivity contribution is -0.116. The Morgan fingerprint density at radius 3 is 2.43 bits per heavy atom. The van der Waals surface area contributed by atoms with Crippen molar-refractivity contribution in [1.29, 1.82) is 0 Å². The number of rotatable bonds is 6. The number of carbonyl (C=O) groups is 1. The average Bonchev–Trinajstić information content (AvgIpc) is 2.90. The molecule has 0 spiro atoms. The largest absolute Gasteiger partial charge is 0.326 e. The quantitative estimate of drug-likeness (QED) is 0.853. The minimum Gasteiger partial charge on any atom is -0.326 e. The van der Waals surface area contributed by atoms with Gasteiger partial charge in [-0.1, -0.05) is 12.1 Å². The molecule has 0 saturated heterocycles. The fourth-order valence-corrected chi connectivity index (χ4v) is 3.19. The molecule has 2 aromatic rings. The number of thiophene rings is 1. The summed E-state index contributed by atoms with van der Waals surface area (Å²) in [6.45, 7) is 0. The Morgan fingerprint density at radius 2 is 1.86 bits per heavy atom. The van der Waals surface area contributed by atoms with Gasteiger partial charge in [-0.15, -0.1) is 0 Å². The highest BCUT2D eigenvalue weighted by atomic mass is 32.2. The van der Waals surface area contributed by atoms with E-state index in [-0.39, 0.29) is 11.7 Å². The van der Waals surface area contributed by atoms with Crippen molar-refractivity contribution >= 4 is 33.0 Å². The molecular formula is C14H16N2O3S2. The summed E-state index contributed by atoms with van der Waals surface area (Å²) < 4.78 is 21.9. The first kappa shape index (κ1) is 15.7. The van der Waals surface area contributed by atoms with Crippen LogP contribution in [0.1, 0.15) is 17.5 Å². The predicted octanol–water partition coefficient (Wildman–Crippen LogP) is 2.11. The van der Waals surface area contributed by atoms with Crippen LogP contribution in [0.15, 0.2) is 41.1 Å². The fourth-order valence-electron chi connectivity index (χ4n) is 1.83. The number of carbonyl (C=O) groups excluding carboxylic acids is 1. The average molecular weight is 324 g/mol. The van der Waals surface area contributed by atoms with Crippen LogP contribution in [0.5, 0.6) is 0 Å². The highest BCUT2D eigenvalue weighted by Gasteiger charge is 2.06. The number of sulfonamides is 1. The van der Waals surface area contributed by atoms with Crippen molar-refractivity contribution in [2.45, 2.75) is 18.6 Å². The topological polar surface area (TPSA) is 89.3 Å². The molecule has 1 amide bonds. The molecule has 0 radical (unpaired) electrons. The van der Waals surface area contributed by atoms with E-state index in [9.17, 15) is 13.2 Å². The van der Waals surface area contributed by atoms with Gasteiger partial charge in [-0.3, -0.25) is 4.79 Å². The Bertz CT molecular complexity index is 692. The van der Waals surface area contributed by atoms with Gasteiger partial charge in [0.1, 0.15) is 0 Å². The van der Waals surface area contributed by atoms with Gasteiger partial charge in [0.15, 0.2) is 0 Å². The van der Waals surface area contributed by atoms with Gasteiger partial charge in [0.05, 0.1) is 5.75 Å². The molecule has 0 aliphatic heterocycles. The minimum atomic E-state index is -3.53. The maximum atomic E-state index is 11.8. The van der Waals surface area contributed by atoms with Crippen LogP contribution in [-0.4, -0.2) is 14.3 Å². The van der Waals surface area contributed by atoms with E-state index in [0.717, 1.165) is 5.56 Å². The summed E-state index contributed by atoms with van der Waals surface area (Å²) in [5.41, 5.74) is 2.39. The molecule has 0 unspecified atom stereocenters. The van der Waals surface area contributed by atoms with Gasteiger partial charge in [0.25, 0.3) is 0 Å². The van der Waals surface area contributed by atoms with Crippen molar-refractivity contribution in [2.24, 2.45) is 5.14 Å². The highest BCUT2D eigenvalue weighted by molar-refractivity contribution is 7.88. The second-order valence-electron chi connectivity index (χ2n) is 4.68. The molecule has 0 bridgehead atoms. The molecule has 0 saturated carbocycles. The van der Waals surface area contributed by atoms with Gasteiger partial charge in [0.2, 0.25) is 15.9 Å². The Kier molecular flexibility index (Phi) is 5.11. The van der Waals surface area contributed by atoms with Crippen molar-refractivity contribution in [2.75, 3.05) is 5.32 Å². The Labute approximate surface area is 127 Å². The number of hydrogen-bond donors (Lipinski definition) is 2. The van der Waals surface area contributed by atoms with Crippen LogP contribution in [0.2, 0.25) is 0 Å². The first-order valence-electron chi connectivity index (χ1n) is 6.33.